The molecule has 0 bridgehead atoms. The molecule has 0 aliphatic heterocycles. The molecule has 0 saturated carbocycles. The van der Waals surface area contributed by atoms with E-state index >= 15 is 0 Å². The first-order valence-electron chi connectivity index (χ1n) is 5.21. The lowest BCUT2D eigenvalue weighted by atomic mass is 10.1. The Balaban J connectivity index is 2.60. The van der Waals surface area contributed by atoms with Gasteiger partial charge in [-0.05, 0) is 13.0 Å². The van der Waals surface area contributed by atoms with Crippen molar-refractivity contribution in [2.75, 3.05) is 0 Å². The standard InChI is InChI=1S/C11H13N5O/c1-7(12)10-11(14-6-5-13-10)8-3-4-9(17)16(2)15-8/h3-7H,12H2,1-2H3. The molecule has 0 fully saturated rings. The zero-order valence-corrected chi connectivity index (χ0v) is 9.66. The second kappa shape index (κ2) is 4.42. The van der Waals surface area contributed by atoms with Gasteiger partial charge in [-0.1, -0.05) is 0 Å². The average Bonchev–Trinajstić information content (AvgIpc) is 2.32. The number of hydrogen-bond acceptors (Lipinski definition) is 5. The van der Waals surface area contributed by atoms with Crippen molar-refractivity contribution >= 4 is 0 Å². The van der Waals surface area contributed by atoms with E-state index in [2.05, 4.69) is 15.1 Å². The molecule has 6 nitrogen and oxygen atoms in total. The summed E-state index contributed by atoms with van der Waals surface area (Å²) in [6.07, 6.45) is 3.16. The molecule has 1 unspecified atom stereocenters. The quantitative estimate of drug-likeness (QED) is 0.801. The summed E-state index contributed by atoms with van der Waals surface area (Å²) in [6, 6.07) is 2.83. The van der Waals surface area contributed by atoms with Gasteiger partial charge < -0.3 is 5.73 Å². The second-order valence-electron chi connectivity index (χ2n) is 3.76. The molecule has 0 aromatic carbocycles. The van der Waals surface area contributed by atoms with E-state index in [9.17, 15) is 4.79 Å². The van der Waals surface area contributed by atoms with Crippen molar-refractivity contribution in [3.63, 3.8) is 0 Å². The highest BCUT2D eigenvalue weighted by Crippen LogP contribution is 2.19. The minimum atomic E-state index is -0.238. The van der Waals surface area contributed by atoms with Crippen LogP contribution in [-0.2, 0) is 7.05 Å². The first-order valence-corrected chi connectivity index (χ1v) is 5.21. The number of nitrogens with zero attached hydrogens (tertiary/aromatic N) is 4. The summed E-state index contributed by atoms with van der Waals surface area (Å²) in [5.41, 5.74) is 7.52. The molecule has 2 rings (SSSR count). The van der Waals surface area contributed by atoms with Crippen LogP contribution in [0.25, 0.3) is 11.4 Å². The van der Waals surface area contributed by atoms with E-state index < -0.39 is 0 Å². The third-order valence-corrected chi connectivity index (χ3v) is 2.36. The molecule has 88 valence electrons. The van der Waals surface area contributed by atoms with Crippen LogP contribution in [0.4, 0.5) is 0 Å². The zero-order chi connectivity index (χ0) is 12.4. The van der Waals surface area contributed by atoms with Crippen molar-refractivity contribution in [2.24, 2.45) is 12.8 Å². The monoisotopic (exact) mass is 231 g/mol. The molecular weight excluding hydrogens is 218 g/mol. The molecule has 0 aliphatic rings. The Bertz CT molecular complexity index is 590. The molecule has 2 N–H and O–H groups in total. The Morgan fingerprint density at radius 1 is 1.29 bits per heavy atom. The maximum absolute atomic E-state index is 11.3. The van der Waals surface area contributed by atoms with Gasteiger partial charge in [0.1, 0.15) is 11.4 Å². The van der Waals surface area contributed by atoms with Crippen LogP contribution >= 0.6 is 0 Å². The van der Waals surface area contributed by atoms with E-state index in [1.165, 1.54) is 10.7 Å². The number of rotatable bonds is 2. The van der Waals surface area contributed by atoms with Crippen LogP contribution in [-0.4, -0.2) is 19.7 Å². The molecule has 0 saturated heterocycles. The van der Waals surface area contributed by atoms with Crippen molar-refractivity contribution in [3.05, 3.63) is 40.6 Å². The topological polar surface area (TPSA) is 86.7 Å². The van der Waals surface area contributed by atoms with Crippen LogP contribution in [0.3, 0.4) is 0 Å². The molecule has 0 aliphatic carbocycles. The summed E-state index contributed by atoms with van der Waals surface area (Å²) in [4.78, 5) is 19.7. The Labute approximate surface area is 98.1 Å². The van der Waals surface area contributed by atoms with E-state index in [1.54, 1.807) is 25.5 Å². The van der Waals surface area contributed by atoms with Gasteiger partial charge in [0.05, 0.1) is 5.69 Å². The molecule has 2 aromatic rings. The molecule has 1 atom stereocenters. The van der Waals surface area contributed by atoms with Gasteiger partial charge in [0.25, 0.3) is 5.56 Å². The van der Waals surface area contributed by atoms with Crippen molar-refractivity contribution in [2.45, 2.75) is 13.0 Å². The van der Waals surface area contributed by atoms with Gasteiger partial charge in [0, 0.05) is 31.5 Å². The summed E-state index contributed by atoms with van der Waals surface area (Å²) in [5.74, 6) is 0. The van der Waals surface area contributed by atoms with E-state index in [1.807, 2.05) is 6.92 Å². The van der Waals surface area contributed by atoms with Gasteiger partial charge in [-0.25, -0.2) is 4.68 Å². The fourth-order valence-corrected chi connectivity index (χ4v) is 1.51. The minimum Gasteiger partial charge on any atom is -0.323 e. The number of aryl methyl sites for hydroxylation is 1. The van der Waals surface area contributed by atoms with Crippen LogP contribution < -0.4 is 11.3 Å². The van der Waals surface area contributed by atoms with Crippen LogP contribution in [0.15, 0.2) is 29.3 Å². The molecule has 0 spiro atoms. The van der Waals surface area contributed by atoms with Crippen molar-refractivity contribution in [1.29, 1.82) is 0 Å². The Kier molecular flexibility index (Phi) is 2.97. The van der Waals surface area contributed by atoms with Gasteiger partial charge in [0.2, 0.25) is 0 Å². The third kappa shape index (κ3) is 2.21. The number of aromatic nitrogens is 4. The SMILES string of the molecule is CC(N)c1nccnc1-c1ccc(=O)n(C)n1. The van der Waals surface area contributed by atoms with Gasteiger partial charge in [-0.3, -0.25) is 14.8 Å². The predicted octanol–water partition coefficient (Wildman–Crippen LogP) is 0.257. The third-order valence-electron chi connectivity index (χ3n) is 2.36. The fraction of sp³-hybridized carbons (Fsp3) is 0.273. The summed E-state index contributed by atoms with van der Waals surface area (Å²) in [5, 5.41) is 4.13. The number of nitrogens with two attached hydrogens (primary N) is 1. The summed E-state index contributed by atoms with van der Waals surface area (Å²) < 4.78 is 1.26. The average molecular weight is 231 g/mol. The zero-order valence-electron chi connectivity index (χ0n) is 9.66. The molecule has 0 amide bonds. The predicted molar refractivity (Wildman–Crippen MR) is 63.1 cm³/mol. The largest absolute Gasteiger partial charge is 0.323 e. The minimum absolute atomic E-state index is 0.167. The van der Waals surface area contributed by atoms with Crippen molar-refractivity contribution in [3.8, 4) is 11.4 Å². The van der Waals surface area contributed by atoms with Gasteiger partial charge >= 0.3 is 0 Å². The maximum atomic E-state index is 11.3. The highest BCUT2D eigenvalue weighted by Gasteiger charge is 2.13. The van der Waals surface area contributed by atoms with Crippen LogP contribution in [0.5, 0.6) is 0 Å². The molecule has 0 radical (unpaired) electrons. The van der Waals surface area contributed by atoms with E-state index in [0.29, 0.717) is 17.1 Å². The number of hydrogen-bond donors (Lipinski definition) is 1. The smallest absolute Gasteiger partial charge is 0.266 e. The lowest BCUT2D eigenvalue weighted by Gasteiger charge is -2.09. The van der Waals surface area contributed by atoms with Gasteiger partial charge in [-0.2, -0.15) is 5.10 Å². The first-order chi connectivity index (χ1) is 8.09. The summed E-state index contributed by atoms with van der Waals surface area (Å²) in [7, 11) is 1.59. The Hall–Kier alpha value is -2.08. The van der Waals surface area contributed by atoms with E-state index in [4.69, 9.17) is 5.73 Å². The highest BCUT2D eigenvalue weighted by atomic mass is 16.1. The summed E-state index contributed by atoms with van der Waals surface area (Å²) >= 11 is 0. The first kappa shape index (κ1) is 11.4. The van der Waals surface area contributed by atoms with E-state index in [0.717, 1.165) is 0 Å². The van der Waals surface area contributed by atoms with Crippen LogP contribution in [0.1, 0.15) is 18.7 Å². The van der Waals surface area contributed by atoms with Crippen molar-refractivity contribution in [1.82, 2.24) is 19.7 Å². The Morgan fingerprint density at radius 2 is 2.00 bits per heavy atom. The normalized spacial score (nSPS) is 12.4. The Morgan fingerprint density at radius 3 is 2.65 bits per heavy atom. The molecule has 2 aromatic heterocycles. The van der Waals surface area contributed by atoms with E-state index in [-0.39, 0.29) is 11.6 Å². The van der Waals surface area contributed by atoms with Crippen molar-refractivity contribution < 1.29 is 0 Å². The maximum Gasteiger partial charge on any atom is 0.266 e. The summed E-state index contributed by atoms with van der Waals surface area (Å²) in [6.45, 7) is 1.83. The molecule has 2 heterocycles. The second-order valence-corrected chi connectivity index (χ2v) is 3.76. The van der Waals surface area contributed by atoms with Crippen LogP contribution in [0.2, 0.25) is 0 Å². The van der Waals surface area contributed by atoms with Gasteiger partial charge in [-0.15, -0.1) is 0 Å². The van der Waals surface area contributed by atoms with Gasteiger partial charge in [0.15, 0.2) is 0 Å². The highest BCUT2D eigenvalue weighted by molar-refractivity contribution is 5.56. The van der Waals surface area contributed by atoms with Crippen LogP contribution in [0, 0.1) is 0 Å². The fourth-order valence-electron chi connectivity index (χ4n) is 1.51. The molecule has 17 heavy (non-hydrogen) atoms. The molecular formula is C11H13N5O. The lowest BCUT2D eigenvalue weighted by molar-refractivity contribution is 0.706. The lowest BCUT2D eigenvalue weighted by Crippen LogP contribution is -2.19. The molecule has 6 heteroatoms.